The van der Waals surface area contributed by atoms with Crippen LogP contribution in [0.3, 0.4) is 0 Å². The lowest BCUT2D eigenvalue weighted by Crippen LogP contribution is -2.18. The number of amides is 1. The Morgan fingerprint density at radius 3 is 2.92 bits per heavy atom. The lowest BCUT2D eigenvalue weighted by Gasteiger charge is -2.02. The highest BCUT2D eigenvalue weighted by Gasteiger charge is 2.14. The fourth-order valence-electron chi connectivity index (χ4n) is 1.98. The Morgan fingerprint density at radius 2 is 2.16 bits per heavy atom. The van der Waals surface area contributed by atoms with Gasteiger partial charge < -0.3 is 5.32 Å². The Morgan fingerprint density at radius 1 is 1.28 bits per heavy atom. The van der Waals surface area contributed by atoms with Crippen molar-refractivity contribution < 1.29 is 9.59 Å². The summed E-state index contributed by atoms with van der Waals surface area (Å²) in [4.78, 5) is 26.1. The van der Waals surface area contributed by atoms with Crippen molar-refractivity contribution in [2.45, 2.75) is 25.2 Å². The number of nitrogens with one attached hydrogen (secondary N) is 1. The topological polar surface area (TPSA) is 89.8 Å². The van der Waals surface area contributed by atoms with E-state index in [-0.39, 0.29) is 17.4 Å². The van der Waals surface area contributed by atoms with Gasteiger partial charge in [-0.1, -0.05) is 17.8 Å². The molecule has 0 fully saturated rings. The van der Waals surface area contributed by atoms with Crippen LogP contribution < -0.4 is 5.32 Å². The van der Waals surface area contributed by atoms with Gasteiger partial charge in [0.15, 0.2) is 5.78 Å². The highest BCUT2D eigenvalue weighted by molar-refractivity contribution is 7.99. The summed E-state index contributed by atoms with van der Waals surface area (Å²) in [6, 6.07) is 7.66. The van der Waals surface area contributed by atoms with Gasteiger partial charge in [-0.2, -0.15) is 0 Å². The second kappa shape index (κ2) is 8.37. The SMILES string of the molecule is CC(=O)NCc1ccc(C(=O)CSc2nnnn2Cc2cccs2)s1. The molecule has 0 saturated heterocycles. The molecular weight excluding hydrogens is 378 g/mol. The summed E-state index contributed by atoms with van der Waals surface area (Å²) in [5, 5.41) is 17.0. The van der Waals surface area contributed by atoms with Crippen molar-refractivity contribution in [3.8, 4) is 0 Å². The molecule has 0 radical (unpaired) electrons. The molecule has 0 bridgehead atoms. The summed E-state index contributed by atoms with van der Waals surface area (Å²) in [7, 11) is 0. The molecule has 0 saturated carbocycles. The number of aromatic nitrogens is 4. The number of tetrazole rings is 1. The van der Waals surface area contributed by atoms with Crippen LogP contribution in [0.25, 0.3) is 0 Å². The molecule has 3 heterocycles. The third-order valence-electron chi connectivity index (χ3n) is 3.17. The molecule has 10 heteroatoms. The number of carbonyl (C=O) groups is 2. The molecule has 130 valence electrons. The van der Waals surface area contributed by atoms with Crippen LogP contribution in [0.15, 0.2) is 34.8 Å². The third-order valence-corrected chi connectivity index (χ3v) is 6.11. The number of Topliss-reactive ketones (excluding diaryl/α,β-unsaturated/α-hetero) is 1. The minimum atomic E-state index is -0.0885. The molecule has 3 aromatic rings. The smallest absolute Gasteiger partial charge is 0.217 e. The molecule has 7 nitrogen and oxygen atoms in total. The normalized spacial score (nSPS) is 10.8. The average Bonchev–Trinajstić information content (AvgIpc) is 3.33. The minimum absolute atomic E-state index is 0.0229. The first-order valence-corrected chi connectivity index (χ1v) is 10.1. The first-order valence-electron chi connectivity index (χ1n) is 7.39. The Balaban J connectivity index is 1.56. The second-order valence-electron chi connectivity index (χ2n) is 5.09. The van der Waals surface area contributed by atoms with Crippen LogP contribution in [0.5, 0.6) is 0 Å². The lowest BCUT2D eigenvalue weighted by atomic mass is 10.3. The second-order valence-corrected chi connectivity index (χ2v) is 8.23. The summed E-state index contributed by atoms with van der Waals surface area (Å²) in [6.07, 6.45) is 0. The maximum absolute atomic E-state index is 12.3. The number of carbonyl (C=O) groups excluding carboxylic acids is 2. The molecule has 0 aliphatic heterocycles. The maximum atomic E-state index is 12.3. The van der Waals surface area contributed by atoms with Gasteiger partial charge in [0.05, 0.1) is 23.7 Å². The minimum Gasteiger partial charge on any atom is -0.351 e. The molecule has 3 rings (SSSR count). The molecule has 25 heavy (non-hydrogen) atoms. The number of hydrogen-bond donors (Lipinski definition) is 1. The lowest BCUT2D eigenvalue weighted by molar-refractivity contribution is -0.119. The Labute approximate surface area is 156 Å². The van der Waals surface area contributed by atoms with Crippen LogP contribution in [0, 0.1) is 0 Å². The Kier molecular flexibility index (Phi) is 5.95. The van der Waals surface area contributed by atoms with E-state index in [1.54, 1.807) is 22.1 Å². The molecule has 0 unspecified atom stereocenters. The van der Waals surface area contributed by atoms with Gasteiger partial charge in [0.1, 0.15) is 0 Å². The number of thiophene rings is 2. The largest absolute Gasteiger partial charge is 0.351 e. The zero-order chi connectivity index (χ0) is 17.6. The zero-order valence-electron chi connectivity index (χ0n) is 13.3. The molecule has 0 aliphatic rings. The first-order chi connectivity index (χ1) is 12.1. The number of rotatable bonds is 8. The third kappa shape index (κ3) is 4.97. The van der Waals surface area contributed by atoms with Crippen LogP contribution in [0.2, 0.25) is 0 Å². The van der Waals surface area contributed by atoms with Crippen molar-refractivity contribution in [1.29, 1.82) is 0 Å². The van der Waals surface area contributed by atoms with Crippen molar-refractivity contribution in [2.75, 3.05) is 5.75 Å². The number of nitrogens with zero attached hydrogens (tertiary/aromatic N) is 4. The first kappa shape index (κ1) is 17.8. The van der Waals surface area contributed by atoms with E-state index in [9.17, 15) is 9.59 Å². The van der Waals surface area contributed by atoms with Crippen molar-refractivity contribution >= 4 is 46.1 Å². The summed E-state index contributed by atoms with van der Waals surface area (Å²) in [6.45, 7) is 2.51. The van der Waals surface area contributed by atoms with Gasteiger partial charge in [0.2, 0.25) is 11.1 Å². The molecule has 3 aromatic heterocycles. The summed E-state index contributed by atoms with van der Waals surface area (Å²) < 4.78 is 1.69. The number of hydrogen-bond acceptors (Lipinski definition) is 8. The molecule has 0 aliphatic carbocycles. The van der Waals surface area contributed by atoms with Crippen LogP contribution in [-0.4, -0.2) is 37.7 Å². The van der Waals surface area contributed by atoms with E-state index in [4.69, 9.17) is 0 Å². The van der Waals surface area contributed by atoms with E-state index in [1.165, 1.54) is 30.0 Å². The standard InChI is InChI=1S/C15H15N5O2S3/c1-10(21)16-7-11-4-5-14(25-11)13(22)9-24-15-17-18-19-20(15)8-12-3-2-6-23-12/h2-6H,7-9H2,1H3,(H,16,21). The monoisotopic (exact) mass is 393 g/mol. The average molecular weight is 394 g/mol. The van der Waals surface area contributed by atoms with Crippen LogP contribution in [0.1, 0.15) is 26.3 Å². The molecule has 0 spiro atoms. The van der Waals surface area contributed by atoms with Crippen LogP contribution >= 0.6 is 34.4 Å². The fourth-order valence-corrected chi connectivity index (χ4v) is 4.41. The van der Waals surface area contributed by atoms with Gasteiger partial charge in [-0.3, -0.25) is 9.59 Å². The predicted octanol–water partition coefficient (Wildman–Crippen LogP) is 2.46. The summed E-state index contributed by atoms with van der Waals surface area (Å²) >= 11 is 4.36. The predicted molar refractivity (Wildman–Crippen MR) is 98.1 cm³/mol. The molecule has 1 N–H and O–H groups in total. The summed E-state index contributed by atoms with van der Waals surface area (Å²) in [5.74, 6) is 0.203. The van der Waals surface area contributed by atoms with E-state index < -0.39 is 0 Å². The molecular formula is C15H15N5O2S3. The Bertz CT molecular complexity index is 856. The van der Waals surface area contributed by atoms with E-state index in [0.29, 0.717) is 23.1 Å². The van der Waals surface area contributed by atoms with Gasteiger partial charge in [0.25, 0.3) is 0 Å². The fraction of sp³-hybridized carbons (Fsp3) is 0.267. The molecule has 1 amide bonds. The van der Waals surface area contributed by atoms with E-state index in [1.807, 2.05) is 23.6 Å². The van der Waals surface area contributed by atoms with Crippen molar-refractivity contribution in [1.82, 2.24) is 25.5 Å². The van der Waals surface area contributed by atoms with E-state index in [0.717, 1.165) is 9.75 Å². The van der Waals surface area contributed by atoms with Gasteiger partial charge in [-0.25, -0.2) is 4.68 Å². The van der Waals surface area contributed by atoms with Crippen molar-refractivity contribution in [3.63, 3.8) is 0 Å². The van der Waals surface area contributed by atoms with Gasteiger partial charge in [-0.15, -0.1) is 27.8 Å². The van der Waals surface area contributed by atoms with Gasteiger partial charge in [0, 0.05) is 16.7 Å². The van der Waals surface area contributed by atoms with Gasteiger partial charge >= 0.3 is 0 Å². The zero-order valence-corrected chi connectivity index (χ0v) is 15.8. The number of thioether (sulfide) groups is 1. The maximum Gasteiger partial charge on any atom is 0.217 e. The van der Waals surface area contributed by atoms with E-state index >= 15 is 0 Å². The number of ketones is 1. The van der Waals surface area contributed by atoms with Crippen molar-refractivity contribution in [3.05, 3.63) is 44.3 Å². The van der Waals surface area contributed by atoms with Crippen molar-refractivity contribution in [2.24, 2.45) is 0 Å². The van der Waals surface area contributed by atoms with Crippen LogP contribution in [-0.2, 0) is 17.9 Å². The Hall–Kier alpha value is -2.04. The van der Waals surface area contributed by atoms with E-state index in [2.05, 4.69) is 20.8 Å². The van der Waals surface area contributed by atoms with Gasteiger partial charge in [-0.05, 0) is 34.0 Å². The highest BCUT2D eigenvalue weighted by Crippen LogP contribution is 2.22. The molecule has 0 atom stereocenters. The summed E-state index contributed by atoms with van der Waals surface area (Å²) in [5.41, 5.74) is 0. The van der Waals surface area contributed by atoms with Crippen LogP contribution in [0.4, 0.5) is 0 Å². The molecule has 0 aromatic carbocycles. The highest BCUT2D eigenvalue weighted by atomic mass is 32.2. The quantitative estimate of drug-likeness (QED) is 0.467.